The van der Waals surface area contributed by atoms with E-state index in [1.807, 2.05) is 0 Å². The van der Waals surface area contributed by atoms with Crippen molar-refractivity contribution in [1.82, 2.24) is 4.98 Å². The molecule has 0 aliphatic carbocycles. The molecule has 1 heterocycles. The first kappa shape index (κ1) is 14.1. The molecule has 0 fully saturated rings. The van der Waals surface area contributed by atoms with Gasteiger partial charge in [-0.15, -0.1) is 0 Å². The van der Waals surface area contributed by atoms with Crippen molar-refractivity contribution in [3.63, 3.8) is 0 Å². The second kappa shape index (κ2) is 6.71. The summed E-state index contributed by atoms with van der Waals surface area (Å²) in [6.07, 6.45) is 1.57. The summed E-state index contributed by atoms with van der Waals surface area (Å²) < 4.78 is 0. The van der Waals surface area contributed by atoms with Crippen molar-refractivity contribution in [1.29, 1.82) is 0 Å². The maximum atomic E-state index is 12.1. The predicted octanol–water partition coefficient (Wildman–Crippen LogP) is 2.30. The van der Waals surface area contributed by atoms with Crippen molar-refractivity contribution in [2.24, 2.45) is 5.73 Å². The van der Waals surface area contributed by atoms with E-state index in [-0.39, 0.29) is 12.5 Å². The van der Waals surface area contributed by atoms with Crippen molar-refractivity contribution >= 4 is 23.3 Å². The first-order valence-electron chi connectivity index (χ1n) is 5.91. The van der Waals surface area contributed by atoms with Gasteiger partial charge >= 0.3 is 0 Å². The molecule has 5 heteroatoms. The van der Waals surface area contributed by atoms with Crippen LogP contribution < -0.4 is 11.1 Å². The number of nitrogens with two attached hydrogens (primary N) is 1. The Morgan fingerprint density at radius 2 is 2.15 bits per heavy atom. The highest BCUT2D eigenvalue weighted by atomic mass is 35.5. The molecule has 3 N–H and O–H groups in total. The topological polar surface area (TPSA) is 68.0 Å². The van der Waals surface area contributed by atoms with Crippen molar-refractivity contribution in [2.45, 2.75) is 0 Å². The standard InChI is InChI=1S/C15H12ClN3O/c16-13-6-2-1-5-12(13)15(20)19-14-10-11(4-3-8-17)7-9-18-14/h1-2,5-7,9-10H,8,17H2,(H,18,19,20). The number of rotatable bonds is 2. The van der Waals surface area contributed by atoms with E-state index in [9.17, 15) is 4.79 Å². The molecule has 0 atom stereocenters. The van der Waals surface area contributed by atoms with Crippen LogP contribution in [0.4, 0.5) is 5.82 Å². The van der Waals surface area contributed by atoms with Crippen molar-refractivity contribution in [3.05, 3.63) is 58.7 Å². The zero-order valence-electron chi connectivity index (χ0n) is 10.6. The van der Waals surface area contributed by atoms with E-state index in [4.69, 9.17) is 17.3 Å². The van der Waals surface area contributed by atoms with Crippen LogP contribution in [-0.4, -0.2) is 17.4 Å². The third-order valence-electron chi connectivity index (χ3n) is 2.45. The van der Waals surface area contributed by atoms with Crippen LogP contribution in [-0.2, 0) is 0 Å². The number of aromatic nitrogens is 1. The highest BCUT2D eigenvalue weighted by molar-refractivity contribution is 6.34. The zero-order chi connectivity index (χ0) is 14.4. The van der Waals surface area contributed by atoms with Crippen molar-refractivity contribution < 1.29 is 4.79 Å². The van der Waals surface area contributed by atoms with E-state index in [2.05, 4.69) is 22.1 Å². The summed E-state index contributed by atoms with van der Waals surface area (Å²) in [6, 6.07) is 10.2. The minimum absolute atomic E-state index is 0.281. The van der Waals surface area contributed by atoms with Gasteiger partial charge in [-0.1, -0.05) is 35.6 Å². The van der Waals surface area contributed by atoms with Gasteiger partial charge in [-0.2, -0.15) is 0 Å². The zero-order valence-corrected chi connectivity index (χ0v) is 11.3. The molecule has 0 radical (unpaired) electrons. The first-order chi connectivity index (χ1) is 9.70. The van der Waals surface area contributed by atoms with Crippen molar-refractivity contribution in [2.75, 3.05) is 11.9 Å². The van der Waals surface area contributed by atoms with Gasteiger partial charge in [-0.3, -0.25) is 4.79 Å². The Morgan fingerprint density at radius 1 is 1.35 bits per heavy atom. The summed E-state index contributed by atoms with van der Waals surface area (Å²) in [4.78, 5) is 16.1. The molecule has 1 aromatic heterocycles. The number of amides is 1. The second-order valence-electron chi connectivity index (χ2n) is 3.87. The largest absolute Gasteiger partial charge is 0.320 e. The molecule has 0 saturated carbocycles. The van der Waals surface area contributed by atoms with Gasteiger partial charge in [0.1, 0.15) is 5.82 Å². The number of halogens is 1. The summed E-state index contributed by atoms with van der Waals surface area (Å²) in [7, 11) is 0. The summed E-state index contributed by atoms with van der Waals surface area (Å²) in [5, 5.41) is 3.08. The maximum Gasteiger partial charge on any atom is 0.258 e. The highest BCUT2D eigenvalue weighted by Crippen LogP contribution is 2.16. The van der Waals surface area contributed by atoms with Gasteiger partial charge < -0.3 is 11.1 Å². The van der Waals surface area contributed by atoms with Gasteiger partial charge in [0.15, 0.2) is 0 Å². The lowest BCUT2D eigenvalue weighted by molar-refractivity contribution is 0.102. The summed E-state index contributed by atoms with van der Waals surface area (Å²) >= 11 is 5.97. The van der Waals surface area contributed by atoms with Crippen LogP contribution in [0.1, 0.15) is 15.9 Å². The molecule has 0 bridgehead atoms. The van der Waals surface area contributed by atoms with E-state index in [1.165, 1.54) is 0 Å². The van der Waals surface area contributed by atoms with Crippen LogP contribution in [0.3, 0.4) is 0 Å². The molecule has 1 amide bonds. The number of hydrogen-bond donors (Lipinski definition) is 2. The Hall–Kier alpha value is -2.35. The van der Waals surface area contributed by atoms with E-state index >= 15 is 0 Å². The Balaban J connectivity index is 2.18. The molecular weight excluding hydrogens is 274 g/mol. The molecule has 0 aliphatic heterocycles. The third kappa shape index (κ3) is 3.58. The molecule has 1 aromatic carbocycles. The summed E-state index contributed by atoms with van der Waals surface area (Å²) in [5.41, 5.74) is 6.45. The lowest BCUT2D eigenvalue weighted by Crippen LogP contribution is -2.13. The van der Waals surface area contributed by atoms with E-state index in [1.54, 1.807) is 42.6 Å². The van der Waals surface area contributed by atoms with Gasteiger partial charge in [0.2, 0.25) is 0 Å². The second-order valence-corrected chi connectivity index (χ2v) is 4.28. The average molecular weight is 286 g/mol. The van der Waals surface area contributed by atoms with E-state index < -0.39 is 0 Å². The molecule has 20 heavy (non-hydrogen) atoms. The highest BCUT2D eigenvalue weighted by Gasteiger charge is 2.10. The van der Waals surface area contributed by atoms with Crippen LogP contribution in [0.25, 0.3) is 0 Å². The van der Waals surface area contributed by atoms with Gasteiger partial charge in [0, 0.05) is 11.8 Å². The third-order valence-corrected chi connectivity index (χ3v) is 2.78. The average Bonchev–Trinajstić information content (AvgIpc) is 2.46. The molecule has 2 rings (SSSR count). The van der Waals surface area contributed by atoms with Crippen LogP contribution in [0.15, 0.2) is 42.6 Å². The fraction of sp³-hybridized carbons (Fsp3) is 0.0667. The van der Waals surface area contributed by atoms with Crippen LogP contribution in [0.5, 0.6) is 0 Å². The number of nitrogens with zero attached hydrogens (tertiary/aromatic N) is 1. The number of benzene rings is 1. The molecule has 0 saturated heterocycles. The van der Waals surface area contributed by atoms with Gasteiger partial charge in [0.25, 0.3) is 5.91 Å². The van der Waals surface area contributed by atoms with Crippen LogP contribution in [0.2, 0.25) is 5.02 Å². The lowest BCUT2D eigenvalue weighted by atomic mass is 10.2. The number of hydrogen-bond acceptors (Lipinski definition) is 3. The summed E-state index contributed by atoms with van der Waals surface area (Å²) in [5.74, 6) is 5.72. The molecule has 0 spiro atoms. The molecule has 100 valence electrons. The fourth-order valence-corrected chi connectivity index (χ4v) is 1.78. The quantitative estimate of drug-likeness (QED) is 0.832. The number of carbonyl (C=O) groups is 1. The molecular formula is C15H12ClN3O. The van der Waals surface area contributed by atoms with Crippen LogP contribution in [0, 0.1) is 11.8 Å². The Morgan fingerprint density at radius 3 is 2.90 bits per heavy atom. The van der Waals surface area contributed by atoms with E-state index in [0.717, 1.165) is 5.56 Å². The lowest BCUT2D eigenvalue weighted by Gasteiger charge is -2.06. The maximum absolute atomic E-state index is 12.1. The number of pyridine rings is 1. The Labute approximate surface area is 122 Å². The number of carbonyl (C=O) groups excluding carboxylic acids is 1. The van der Waals surface area contributed by atoms with E-state index in [0.29, 0.717) is 16.4 Å². The van der Waals surface area contributed by atoms with Gasteiger partial charge in [-0.25, -0.2) is 4.98 Å². The number of anilines is 1. The molecule has 0 aliphatic rings. The Kier molecular flexibility index (Phi) is 4.72. The molecule has 0 unspecified atom stereocenters. The smallest absolute Gasteiger partial charge is 0.258 e. The monoisotopic (exact) mass is 285 g/mol. The number of nitrogens with one attached hydrogen (secondary N) is 1. The predicted molar refractivity (Wildman–Crippen MR) is 79.6 cm³/mol. The minimum atomic E-state index is -0.313. The minimum Gasteiger partial charge on any atom is -0.320 e. The fourth-order valence-electron chi connectivity index (χ4n) is 1.56. The SMILES string of the molecule is NCC#Cc1ccnc(NC(=O)c2ccccc2Cl)c1. The van der Waals surface area contributed by atoms with Crippen LogP contribution >= 0.6 is 11.6 Å². The molecule has 2 aromatic rings. The van der Waals surface area contributed by atoms with Crippen molar-refractivity contribution in [3.8, 4) is 11.8 Å². The molecule has 4 nitrogen and oxygen atoms in total. The Bertz CT molecular complexity index is 689. The normalized spacial score (nSPS) is 9.50. The first-order valence-corrected chi connectivity index (χ1v) is 6.29. The van der Waals surface area contributed by atoms with Gasteiger partial charge in [-0.05, 0) is 24.3 Å². The van der Waals surface area contributed by atoms with Gasteiger partial charge in [0.05, 0.1) is 17.1 Å². The summed E-state index contributed by atoms with van der Waals surface area (Å²) in [6.45, 7) is 0.281.